The summed E-state index contributed by atoms with van der Waals surface area (Å²) in [5.41, 5.74) is 13.6. The Kier molecular flexibility index (Phi) is 2.47. The number of hydrogen-bond donors (Lipinski definition) is 3. The smallest absolute Gasteiger partial charge is 0.248 e. The monoisotopic (exact) mass is 245 g/mol. The molecule has 0 saturated heterocycles. The molecule has 4 heteroatoms. The van der Waals surface area contributed by atoms with Crippen molar-refractivity contribution < 1.29 is 4.79 Å². The molecule has 5 N–H and O–H groups in total. The first kappa shape index (κ1) is 11.4. The fourth-order valence-electron chi connectivity index (χ4n) is 2.73. The molecule has 0 radical (unpaired) electrons. The van der Waals surface area contributed by atoms with Crippen molar-refractivity contribution in [2.75, 3.05) is 17.6 Å². The Bertz CT molecular complexity index is 490. The average molecular weight is 245 g/mol. The number of nitrogen functional groups attached to an aromatic ring is 1. The Labute approximate surface area is 107 Å². The first-order valence-electron chi connectivity index (χ1n) is 6.54. The van der Waals surface area contributed by atoms with E-state index in [1.54, 1.807) is 12.1 Å². The predicted octanol–water partition coefficient (Wildman–Crippen LogP) is 1.97. The Morgan fingerprint density at radius 3 is 2.61 bits per heavy atom. The molecule has 1 aromatic carbocycles. The molecule has 3 rings (SSSR count). The number of primary amides is 1. The zero-order chi connectivity index (χ0) is 12.8. The highest BCUT2D eigenvalue weighted by Crippen LogP contribution is 2.61. The Morgan fingerprint density at radius 1 is 1.39 bits per heavy atom. The van der Waals surface area contributed by atoms with E-state index < -0.39 is 5.91 Å². The summed E-state index contributed by atoms with van der Waals surface area (Å²) in [6.45, 7) is 0.998. The van der Waals surface area contributed by atoms with Crippen LogP contribution in [0.5, 0.6) is 0 Å². The molecule has 0 aromatic heterocycles. The van der Waals surface area contributed by atoms with Crippen LogP contribution in [0.2, 0.25) is 0 Å². The van der Waals surface area contributed by atoms with Crippen LogP contribution in [0.15, 0.2) is 18.2 Å². The zero-order valence-corrected chi connectivity index (χ0v) is 10.4. The van der Waals surface area contributed by atoms with Crippen molar-refractivity contribution >= 4 is 17.3 Å². The van der Waals surface area contributed by atoms with Crippen LogP contribution in [-0.4, -0.2) is 12.5 Å². The second-order valence-electron chi connectivity index (χ2n) is 5.66. The third-order valence-corrected chi connectivity index (χ3v) is 4.30. The maximum absolute atomic E-state index is 11.0. The minimum Gasteiger partial charge on any atom is -0.397 e. The number of rotatable bonds is 5. The molecular formula is C14H19N3O. The lowest BCUT2D eigenvalue weighted by Gasteiger charge is -2.17. The number of hydrogen-bond acceptors (Lipinski definition) is 3. The topological polar surface area (TPSA) is 81.1 Å². The van der Waals surface area contributed by atoms with Crippen LogP contribution in [0, 0.1) is 11.3 Å². The summed E-state index contributed by atoms with van der Waals surface area (Å²) in [6, 6.07) is 5.21. The fourth-order valence-corrected chi connectivity index (χ4v) is 2.73. The SMILES string of the molecule is NC(=O)c1ccc(NCC2(C3CC3)CC2)c(N)c1. The van der Waals surface area contributed by atoms with E-state index in [4.69, 9.17) is 11.5 Å². The van der Waals surface area contributed by atoms with Gasteiger partial charge in [0.15, 0.2) is 0 Å². The second-order valence-corrected chi connectivity index (χ2v) is 5.66. The van der Waals surface area contributed by atoms with Crippen LogP contribution in [0.4, 0.5) is 11.4 Å². The van der Waals surface area contributed by atoms with E-state index in [1.807, 2.05) is 6.07 Å². The number of anilines is 2. The van der Waals surface area contributed by atoms with Crippen LogP contribution < -0.4 is 16.8 Å². The molecule has 18 heavy (non-hydrogen) atoms. The van der Waals surface area contributed by atoms with E-state index in [1.165, 1.54) is 25.7 Å². The number of nitrogens with two attached hydrogens (primary N) is 2. The van der Waals surface area contributed by atoms with Gasteiger partial charge in [-0.25, -0.2) is 0 Å². The standard InChI is InChI=1S/C14H19N3O/c15-11-7-9(13(16)18)1-4-12(11)17-8-14(5-6-14)10-2-3-10/h1,4,7,10,17H,2-3,5-6,8,15H2,(H2,16,18). The molecule has 0 bridgehead atoms. The van der Waals surface area contributed by atoms with E-state index >= 15 is 0 Å². The van der Waals surface area contributed by atoms with Crippen LogP contribution in [0.1, 0.15) is 36.0 Å². The molecule has 96 valence electrons. The number of carbonyl (C=O) groups excluding carboxylic acids is 1. The number of nitrogens with one attached hydrogen (secondary N) is 1. The Hall–Kier alpha value is -1.71. The van der Waals surface area contributed by atoms with Crippen LogP contribution in [0.3, 0.4) is 0 Å². The molecule has 0 spiro atoms. The molecule has 0 heterocycles. The normalized spacial score (nSPS) is 20.4. The van der Waals surface area contributed by atoms with Crippen molar-refractivity contribution in [2.45, 2.75) is 25.7 Å². The highest BCUT2D eigenvalue weighted by Gasteiger charge is 2.53. The summed E-state index contributed by atoms with van der Waals surface area (Å²) in [6.07, 6.45) is 5.45. The summed E-state index contributed by atoms with van der Waals surface area (Å²) >= 11 is 0. The summed E-state index contributed by atoms with van der Waals surface area (Å²) < 4.78 is 0. The molecule has 0 unspecified atom stereocenters. The lowest BCUT2D eigenvalue weighted by Crippen LogP contribution is -2.18. The van der Waals surface area contributed by atoms with Gasteiger partial charge in [-0.05, 0) is 55.2 Å². The highest BCUT2D eigenvalue weighted by molar-refractivity contribution is 5.94. The number of benzene rings is 1. The van der Waals surface area contributed by atoms with Gasteiger partial charge in [0.25, 0.3) is 0 Å². The van der Waals surface area contributed by atoms with Gasteiger partial charge in [-0.3, -0.25) is 4.79 Å². The minimum absolute atomic E-state index is 0.440. The van der Waals surface area contributed by atoms with Gasteiger partial charge < -0.3 is 16.8 Å². The number of carbonyl (C=O) groups is 1. The molecule has 0 aliphatic heterocycles. The third kappa shape index (κ3) is 2.03. The van der Waals surface area contributed by atoms with Crippen molar-refractivity contribution in [2.24, 2.45) is 17.1 Å². The van der Waals surface area contributed by atoms with Gasteiger partial charge >= 0.3 is 0 Å². The van der Waals surface area contributed by atoms with Crippen LogP contribution in [0.25, 0.3) is 0 Å². The van der Waals surface area contributed by atoms with Gasteiger partial charge in [-0.2, -0.15) is 0 Å². The Morgan fingerprint density at radius 2 is 2.11 bits per heavy atom. The van der Waals surface area contributed by atoms with E-state index in [0.717, 1.165) is 18.2 Å². The first-order valence-corrected chi connectivity index (χ1v) is 6.54. The summed E-state index contributed by atoms with van der Waals surface area (Å²) in [7, 11) is 0. The summed E-state index contributed by atoms with van der Waals surface area (Å²) in [4.78, 5) is 11.0. The minimum atomic E-state index is -0.440. The fraction of sp³-hybridized carbons (Fsp3) is 0.500. The van der Waals surface area contributed by atoms with Crippen molar-refractivity contribution in [3.05, 3.63) is 23.8 Å². The number of amides is 1. The van der Waals surface area contributed by atoms with Gasteiger partial charge in [0.2, 0.25) is 5.91 Å². The molecule has 2 aliphatic rings. The van der Waals surface area contributed by atoms with Gasteiger partial charge in [-0.1, -0.05) is 0 Å². The largest absolute Gasteiger partial charge is 0.397 e. The van der Waals surface area contributed by atoms with E-state index in [-0.39, 0.29) is 0 Å². The third-order valence-electron chi connectivity index (χ3n) is 4.30. The van der Waals surface area contributed by atoms with Crippen LogP contribution >= 0.6 is 0 Å². The van der Waals surface area contributed by atoms with Gasteiger partial charge in [-0.15, -0.1) is 0 Å². The summed E-state index contributed by atoms with van der Waals surface area (Å²) in [5, 5.41) is 3.43. The maximum atomic E-state index is 11.0. The second kappa shape index (κ2) is 3.90. The lowest BCUT2D eigenvalue weighted by atomic mass is 10.0. The van der Waals surface area contributed by atoms with Crippen molar-refractivity contribution in [1.82, 2.24) is 0 Å². The molecule has 1 aromatic rings. The van der Waals surface area contributed by atoms with E-state index in [0.29, 0.717) is 16.7 Å². The molecule has 2 saturated carbocycles. The molecule has 4 nitrogen and oxygen atoms in total. The van der Waals surface area contributed by atoms with Crippen LogP contribution in [-0.2, 0) is 0 Å². The van der Waals surface area contributed by atoms with Gasteiger partial charge in [0.1, 0.15) is 0 Å². The quantitative estimate of drug-likeness (QED) is 0.694. The highest BCUT2D eigenvalue weighted by atomic mass is 16.1. The van der Waals surface area contributed by atoms with E-state index in [2.05, 4.69) is 5.32 Å². The van der Waals surface area contributed by atoms with Crippen molar-refractivity contribution in [1.29, 1.82) is 0 Å². The molecule has 2 fully saturated rings. The summed E-state index contributed by atoms with van der Waals surface area (Å²) in [5.74, 6) is 0.487. The van der Waals surface area contributed by atoms with Crippen molar-refractivity contribution in [3.63, 3.8) is 0 Å². The van der Waals surface area contributed by atoms with Crippen molar-refractivity contribution in [3.8, 4) is 0 Å². The molecule has 0 atom stereocenters. The molecule has 1 amide bonds. The zero-order valence-electron chi connectivity index (χ0n) is 10.4. The molecular weight excluding hydrogens is 226 g/mol. The average Bonchev–Trinajstić information content (AvgIpc) is 3.19. The van der Waals surface area contributed by atoms with E-state index in [9.17, 15) is 4.79 Å². The van der Waals surface area contributed by atoms with Gasteiger partial charge in [0, 0.05) is 12.1 Å². The maximum Gasteiger partial charge on any atom is 0.248 e. The first-order chi connectivity index (χ1) is 8.61. The lowest BCUT2D eigenvalue weighted by molar-refractivity contribution is 0.100. The Balaban J connectivity index is 1.67. The predicted molar refractivity (Wildman–Crippen MR) is 72.3 cm³/mol. The molecule has 2 aliphatic carbocycles. The van der Waals surface area contributed by atoms with Gasteiger partial charge in [0.05, 0.1) is 11.4 Å².